The zero-order chi connectivity index (χ0) is 23.9. The van der Waals surface area contributed by atoms with Gasteiger partial charge in [-0.15, -0.1) is 0 Å². The molecule has 32 heavy (non-hydrogen) atoms. The largest absolute Gasteiger partial charge is 0.464 e. The van der Waals surface area contributed by atoms with Gasteiger partial charge < -0.3 is 14.0 Å². The van der Waals surface area contributed by atoms with E-state index in [0.717, 1.165) is 0 Å². The lowest BCUT2D eigenvalue weighted by atomic mass is 10.1. The first-order valence-electron chi connectivity index (χ1n) is 10.6. The molecule has 0 saturated carbocycles. The summed E-state index contributed by atoms with van der Waals surface area (Å²) in [4.78, 5) is 25.8. The summed E-state index contributed by atoms with van der Waals surface area (Å²) < 4.78 is 39.7. The minimum Gasteiger partial charge on any atom is -0.464 e. The lowest BCUT2D eigenvalue weighted by Gasteiger charge is -2.22. The Labute approximate surface area is 190 Å². The molecule has 9 heteroatoms. The van der Waals surface area contributed by atoms with Crippen LogP contribution in [0.25, 0.3) is 0 Å². The number of carbonyl (C=O) groups is 2. The van der Waals surface area contributed by atoms with E-state index < -0.39 is 16.0 Å². The summed E-state index contributed by atoms with van der Waals surface area (Å²) in [5.41, 5.74) is 1.77. The Hall–Kier alpha value is -2.49. The van der Waals surface area contributed by atoms with E-state index in [1.807, 2.05) is 13.8 Å². The zero-order valence-electron chi connectivity index (χ0n) is 19.4. The molecule has 2 rings (SSSR count). The lowest BCUT2D eigenvalue weighted by molar-refractivity contribution is 0.0587. The van der Waals surface area contributed by atoms with E-state index in [1.165, 1.54) is 23.5 Å². The van der Waals surface area contributed by atoms with Crippen molar-refractivity contribution in [3.8, 4) is 0 Å². The van der Waals surface area contributed by atoms with E-state index >= 15 is 0 Å². The van der Waals surface area contributed by atoms with Crippen molar-refractivity contribution in [3.63, 3.8) is 0 Å². The van der Waals surface area contributed by atoms with Gasteiger partial charge in [-0.1, -0.05) is 18.2 Å². The number of esters is 1. The Bertz CT molecular complexity index is 1040. The molecule has 1 aromatic heterocycles. The molecule has 0 N–H and O–H groups in total. The number of ketones is 1. The summed E-state index contributed by atoms with van der Waals surface area (Å²) in [7, 11) is -2.60. The molecule has 0 aliphatic carbocycles. The van der Waals surface area contributed by atoms with Crippen LogP contribution in [0.5, 0.6) is 0 Å². The van der Waals surface area contributed by atoms with Crippen LogP contribution in [0.15, 0.2) is 35.2 Å². The van der Waals surface area contributed by atoms with E-state index in [4.69, 9.17) is 9.47 Å². The number of rotatable bonds is 12. The van der Waals surface area contributed by atoms with Crippen molar-refractivity contribution < 1.29 is 27.5 Å². The minimum atomic E-state index is -3.89. The van der Waals surface area contributed by atoms with Gasteiger partial charge in [0.25, 0.3) is 0 Å². The number of aromatic nitrogens is 1. The van der Waals surface area contributed by atoms with Gasteiger partial charge >= 0.3 is 5.97 Å². The number of sulfonamides is 1. The number of hydrogen-bond acceptors (Lipinski definition) is 6. The molecule has 0 amide bonds. The van der Waals surface area contributed by atoms with Gasteiger partial charge in [0.05, 0.1) is 18.6 Å². The van der Waals surface area contributed by atoms with Crippen molar-refractivity contribution in [3.05, 3.63) is 52.8 Å². The summed E-state index contributed by atoms with van der Waals surface area (Å²) in [6.07, 6.45) is 0.453. The SMILES string of the molecule is CCOCCCN(CC(=O)c1c(C)c(C(=O)OC)n(CC)c1C)S(=O)(=O)c1ccccc1. The van der Waals surface area contributed by atoms with Crippen LogP contribution in [-0.2, 0) is 26.0 Å². The first-order chi connectivity index (χ1) is 15.2. The highest BCUT2D eigenvalue weighted by Crippen LogP contribution is 2.25. The first kappa shape index (κ1) is 25.8. The highest BCUT2D eigenvalue weighted by Gasteiger charge is 2.31. The Morgan fingerprint density at radius 3 is 2.31 bits per heavy atom. The number of hydrogen-bond donors (Lipinski definition) is 0. The Balaban J connectivity index is 2.42. The summed E-state index contributed by atoms with van der Waals surface area (Å²) in [6.45, 7) is 8.37. The lowest BCUT2D eigenvalue weighted by Crippen LogP contribution is -2.37. The molecule has 1 heterocycles. The van der Waals surface area contributed by atoms with Gasteiger partial charge in [-0.05, 0) is 51.8 Å². The number of nitrogens with zero attached hydrogens (tertiary/aromatic N) is 2. The molecule has 0 aliphatic rings. The van der Waals surface area contributed by atoms with Crippen molar-refractivity contribution in [2.75, 3.05) is 33.4 Å². The maximum atomic E-state index is 13.4. The first-order valence-corrected chi connectivity index (χ1v) is 12.1. The van der Waals surface area contributed by atoms with Crippen LogP contribution in [0.1, 0.15) is 52.4 Å². The molecule has 0 bridgehead atoms. The Kier molecular flexibility index (Phi) is 9.18. The second-order valence-electron chi connectivity index (χ2n) is 7.30. The van der Waals surface area contributed by atoms with E-state index in [0.29, 0.717) is 48.7 Å². The quantitative estimate of drug-likeness (QED) is 0.272. The third-order valence-corrected chi connectivity index (χ3v) is 7.20. The van der Waals surface area contributed by atoms with Crippen molar-refractivity contribution in [2.24, 2.45) is 0 Å². The second kappa shape index (κ2) is 11.4. The number of methoxy groups -OCH3 is 1. The van der Waals surface area contributed by atoms with Crippen LogP contribution in [0, 0.1) is 13.8 Å². The summed E-state index contributed by atoms with van der Waals surface area (Å²) in [6, 6.07) is 8.04. The molecular weight excluding hydrogens is 432 g/mol. The molecule has 1 aromatic carbocycles. The number of benzene rings is 1. The average molecular weight is 465 g/mol. The molecule has 0 fully saturated rings. The van der Waals surface area contributed by atoms with Crippen LogP contribution in [0.2, 0.25) is 0 Å². The van der Waals surface area contributed by atoms with Crippen LogP contribution >= 0.6 is 0 Å². The normalized spacial score (nSPS) is 11.7. The van der Waals surface area contributed by atoms with Crippen molar-refractivity contribution in [2.45, 2.75) is 45.6 Å². The third-order valence-electron chi connectivity index (χ3n) is 5.34. The van der Waals surface area contributed by atoms with Gasteiger partial charge in [0.15, 0.2) is 5.78 Å². The van der Waals surface area contributed by atoms with Crippen molar-refractivity contribution >= 4 is 21.8 Å². The standard InChI is InChI=1S/C23H32N2O6S/c1-6-25-18(4)21(17(3)22(25)23(27)30-5)20(26)16-24(14-11-15-31-7-2)32(28,29)19-12-9-8-10-13-19/h8-10,12-13H,6-7,11,14-16H2,1-5H3. The van der Waals surface area contributed by atoms with Gasteiger partial charge in [0.2, 0.25) is 10.0 Å². The third kappa shape index (κ3) is 5.46. The van der Waals surface area contributed by atoms with E-state index in [9.17, 15) is 18.0 Å². The van der Waals surface area contributed by atoms with E-state index in [-0.39, 0.29) is 23.8 Å². The maximum absolute atomic E-state index is 13.4. The molecule has 0 saturated heterocycles. The monoisotopic (exact) mass is 464 g/mol. The van der Waals surface area contributed by atoms with Crippen LogP contribution in [0.3, 0.4) is 0 Å². The summed E-state index contributed by atoms with van der Waals surface area (Å²) in [5.74, 6) is -0.898. The smallest absolute Gasteiger partial charge is 0.354 e. The second-order valence-corrected chi connectivity index (χ2v) is 9.23. The molecule has 8 nitrogen and oxygen atoms in total. The minimum absolute atomic E-state index is 0.124. The van der Waals surface area contributed by atoms with E-state index in [2.05, 4.69) is 0 Å². The molecule has 2 aromatic rings. The molecule has 0 radical (unpaired) electrons. The average Bonchev–Trinajstić information content (AvgIpc) is 3.04. The molecule has 0 aliphatic heterocycles. The predicted octanol–water partition coefficient (Wildman–Crippen LogP) is 3.21. The van der Waals surface area contributed by atoms with Gasteiger partial charge in [-0.3, -0.25) is 4.79 Å². The summed E-state index contributed by atoms with van der Waals surface area (Å²) >= 11 is 0. The molecule has 0 unspecified atom stereocenters. The number of Topliss-reactive ketones (excluding diaryl/α,β-unsaturated/α-hetero) is 1. The van der Waals surface area contributed by atoms with Crippen molar-refractivity contribution in [1.82, 2.24) is 8.87 Å². The number of carbonyl (C=O) groups excluding carboxylic acids is 2. The van der Waals surface area contributed by atoms with E-state index in [1.54, 1.807) is 36.6 Å². The topological polar surface area (TPSA) is 94.9 Å². The van der Waals surface area contributed by atoms with Gasteiger partial charge in [-0.2, -0.15) is 4.31 Å². The predicted molar refractivity (Wildman–Crippen MR) is 122 cm³/mol. The fourth-order valence-corrected chi connectivity index (χ4v) is 5.27. The molecule has 0 spiro atoms. The Morgan fingerprint density at radius 2 is 1.75 bits per heavy atom. The van der Waals surface area contributed by atoms with Crippen LogP contribution < -0.4 is 0 Å². The maximum Gasteiger partial charge on any atom is 0.354 e. The fourth-order valence-electron chi connectivity index (χ4n) is 3.81. The van der Waals surface area contributed by atoms with Crippen LogP contribution in [-0.4, -0.2) is 62.5 Å². The fraction of sp³-hybridized carbons (Fsp3) is 0.478. The zero-order valence-corrected chi connectivity index (χ0v) is 20.2. The van der Waals surface area contributed by atoms with Crippen molar-refractivity contribution in [1.29, 1.82) is 0 Å². The van der Waals surface area contributed by atoms with Gasteiger partial charge in [-0.25, -0.2) is 13.2 Å². The van der Waals surface area contributed by atoms with Gasteiger partial charge in [0.1, 0.15) is 5.69 Å². The molecule has 0 atom stereocenters. The summed E-state index contributed by atoms with van der Waals surface area (Å²) in [5, 5.41) is 0. The Morgan fingerprint density at radius 1 is 1.09 bits per heavy atom. The highest BCUT2D eigenvalue weighted by molar-refractivity contribution is 7.89. The van der Waals surface area contributed by atoms with Crippen LogP contribution in [0.4, 0.5) is 0 Å². The molecule has 176 valence electrons. The number of ether oxygens (including phenoxy) is 2. The highest BCUT2D eigenvalue weighted by atomic mass is 32.2. The van der Waals surface area contributed by atoms with Gasteiger partial charge in [0, 0.05) is 37.6 Å². The molecular formula is C23H32N2O6S.